The van der Waals surface area contributed by atoms with Crippen LogP contribution in [0, 0.1) is 0 Å². The maximum Gasteiger partial charge on any atom is 0.351 e. The van der Waals surface area contributed by atoms with Gasteiger partial charge in [0.15, 0.2) is 0 Å². The lowest BCUT2D eigenvalue weighted by atomic mass is 10.1. The SMILES string of the molecule is O=C(O)c1cc2cc(C=CCCCl)ccc2oc1=O. The first-order valence-electron chi connectivity index (χ1n) is 5.65. The van der Waals surface area contributed by atoms with E-state index in [0.717, 1.165) is 12.0 Å². The van der Waals surface area contributed by atoms with Crippen molar-refractivity contribution in [2.45, 2.75) is 6.42 Å². The second kappa shape index (κ2) is 5.71. The largest absolute Gasteiger partial charge is 0.477 e. The van der Waals surface area contributed by atoms with Gasteiger partial charge in [-0.2, -0.15) is 0 Å². The molecule has 0 spiro atoms. The number of halogens is 1. The highest BCUT2D eigenvalue weighted by Gasteiger charge is 2.11. The Balaban J connectivity index is 2.49. The van der Waals surface area contributed by atoms with Crippen LogP contribution in [0.5, 0.6) is 0 Å². The van der Waals surface area contributed by atoms with Gasteiger partial charge in [0.25, 0.3) is 0 Å². The van der Waals surface area contributed by atoms with E-state index in [2.05, 4.69) is 0 Å². The lowest BCUT2D eigenvalue weighted by Gasteiger charge is -2.00. The molecule has 0 atom stereocenters. The summed E-state index contributed by atoms with van der Waals surface area (Å²) in [7, 11) is 0. The van der Waals surface area contributed by atoms with Gasteiger partial charge in [-0.25, -0.2) is 9.59 Å². The molecule has 0 bridgehead atoms. The van der Waals surface area contributed by atoms with Gasteiger partial charge in [-0.3, -0.25) is 0 Å². The molecule has 1 aromatic heterocycles. The molecule has 1 heterocycles. The van der Waals surface area contributed by atoms with Gasteiger partial charge in [-0.15, -0.1) is 11.6 Å². The summed E-state index contributed by atoms with van der Waals surface area (Å²) in [6.07, 6.45) is 4.56. The molecule has 0 radical (unpaired) electrons. The van der Waals surface area contributed by atoms with Crippen molar-refractivity contribution in [2.24, 2.45) is 0 Å². The fourth-order valence-electron chi connectivity index (χ4n) is 1.68. The number of allylic oxidation sites excluding steroid dienone is 1. The molecule has 1 aromatic carbocycles. The minimum absolute atomic E-state index is 0.365. The molecule has 2 rings (SSSR count). The molecule has 0 unspecified atom stereocenters. The van der Waals surface area contributed by atoms with Crippen LogP contribution in [0.3, 0.4) is 0 Å². The molecule has 4 nitrogen and oxygen atoms in total. The predicted molar refractivity (Wildman–Crippen MR) is 73.8 cm³/mol. The Morgan fingerprint density at radius 3 is 2.84 bits per heavy atom. The molecule has 0 fully saturated rings. The number of carboxylic acid groups (broad SMARTS) is 1. The first kappa shape index (κ1) is 13.4. The van der Waals surface area contributed by atoms with Crippen LogP contribution in [0.2, 0.25) is 0 Å². The topological polar surface area (TPSA) is 67.5 Å². The predicted octanol–water partition coefficient (Wildman–Crippen LogP) is 3.13. The Hall–Kier alpha value is -2.07. The summed E-state index contributed by atoms with van der Waals surface area (Å²) >= 11 is 5.57. The summed E-state index contributed by atoms with van der Waals surface area (Å²) in [5, 5.41) is 9.45. The number of carbonyl (C=O) groups is 1. The van der Waals surface area contributed by atoms with Crippen LogP contribution in [-0.4, -0.2) is 17.0 Å². The zero-order valence-electron chi connectivity index (χ0n) is 9.93. The number of carboxylic acids is 1. The van der Waals surface area contributed by atoms with Gasteiger partial charge in [-0.1, -0.05) is 18.2 Å². The molecule has 5 heteroatoms. The average molecular weight is 279 g/mol. The Labute approximate surface area is 113 Å². The molecule has 2 aromatic rings. The van der Waals surface area contributed by atoms with E-state index in [1.165, 1.54) is 6.07 Å². The van der Waals surface area contributed by atoms with Crippen molar-refractivity contribution in [1.82, 2.24) is 0 Å². The van der Waals surface area contributed by atoms with Crippen LogP contribution < -0.4 is 5.63 Å². The Morgan fingerprint density at radius 2 is 2.16 bits per heavy atom. The Kier molecular flexibility index (Phi) is 4.02. The van der Waals surface area contributed by atoms with Gasteiger partial charge >= 0.3 is 11.6 Å². The van der Waals surface area contributed by atoms with Gasteiger partial charge in [0.1, 0.15) is 11.1 Å². The second-order valence-corrected chi connectivity index (χ2v) is 4.31. The maximum absolute atomic E-state index is 11.4. The van der Waals surface area contributed by atoms with Crippen molar-refractivity contribution >= 4 is 34.6 Å². The molecule has 0 saturated heterocycles. The number of hydrogen-bond acceptors (Lipinski definition) is 3. The van der Waals surface area contributed by atoms with Crippen LogP contribution in [0.25, 0.3) is 17.0 Å². The van der Waals surface area contributed by atoms with E-state index < -0.39 is 11.6 Å². The molecule has 19 heavy (non-hydrogen) atoms. The number of rotatable bonds is 4. The van der Waals surface area contributed by atoms with Crippen LogP contribution in [0.15, 0.2) is 39.6 Å². The molecule has 0 amide bonds. The van der Waals surface area contributed by atoms with Gasteiger partial charge in [-0.05, 0) is 30.2 Å². The van der Waals surface area contributed by atoms with Gasteiger partial charge in [0, 0.05) is 11.3 Å². The summed E-state index contributed by atoms with van der Waals surface area (Å²) in [6, 6.07) is 6.51. The quantitative estimate of drug-likeness (QED) is 0.689. The molecule has 0 aliphatic rings. The molecular weight excluding hydrogens is 268 g/mol. The van der Waals surface area contributed by atoms with Gasteiger partial charge in [0.05, 0.1) is 0 Å². The number of aromatic carboxylic acids is 1. The summed E-state index contributed by atoms with van der Waals surface area (Å²) in [4.78, 5) is 22.3. The highest BCUT2D eigenvalue weighted by Crippen LogP contribution is 2.17. The second-order valence-electron chi connectivity index (χ2n) is 3.93. The Morgan fingerprint density at radius 1 is 1.37 bits per heavy atom. The van der Waals surface area contributed by atoms with E-state index in [1.807, 2.05) is 12.2 Å². The van der Waals surface area contributed by atoms with E-state index in [0.29, 0.717) is 16.8 Å². The number of fused-ring (bicyclic) bond motifs is 1. The fraction of sp³-hybridized carbons (Fsp3) is 0.143. The first-order chi connectivity index (χ1) is 9.11. The van der Waals surface area contributed by atoms with E-state index in [1.54, 1.807) is 18.2 Å². The third-order valence-electron chi connectivity index (χ3n) is 2.57. The molecule has 0 saturated carbocycles. The minimum Gasteiger partial charge on any atom is -0.477 e. The monoisotopic (exact) mass is 278 g/mol. The molecule has 1 N–H and O–H groups in total. The number of alkyl halides is 1. The summed E-state index contributed by atoms with van der Waals surface area (Å²) in [5.74, 6) is -0.749. The van der Waals surface area contributed by atoms with Crippen molar-refractivity contribution in [2.75, 3.05) is 5.88 Å². The standard InChI is InChI=1S/C14H11ClO4/c15-6-2-1-3-9-4-5-12-10(7-9)8-11(13(16)17)14(18)19-12/h1,3-5,7-8H,2,6H2,(H,16,17). The van der Waals surface area contributed by atoms with Crippen molar-refractivity contribution in [1.29, 1.82) is 0 Å². The summed E-state index contributed by atoms with van der Waals surface area (Å²) in [6.45, 7) is 0. The van der Waals surface area contributed by atoms with Crippen molar-refractivity contribution in [3.05, 3.63) is 51.9 Å². The highest BCUT2D eigenvalue weighted by molar-refractivity contribution is 6.17. The van der Waals surface area contributed by atoms with Crippen LogP contribution in [0.1, 0.15) is 22.3 Å². The third-order valence-corrected chi connectivity index (χ3v) is 2.79. The summed E-state index contributed by atoms with van der Waals surface area (Å²) in [5.41, 5.74) is 0.0483. The molecule has 0 aliphatic carbocycles. The number of hydrogen-bond donors (Lipinski definition) is 1. The molecule has 0 aliphatic heterocycles. The fourth-order valence-corrected chi connectivity index (χ4v) is 1.80. The van der Waals surface area contributed by atoms with Gasteiger partial charge in [0.2, 0.25) is 0 Å². The third kappa shape index (κ3) is 3.03. The first-order valence-corrected chi connectivity index (χ1v) is 6.19. The minimum atomic E-state index is -1.29. The van der Waals surface area contributed by atoms with Crippen LogP contribution in [0.4, 0.5) is 0 Å². The average Bonchev–Trinajstić information content (AvgIpc) is 2.38. The Bertz CT molecular complexity index is 700. The lowest BCUT2D eigenvalue weighted by molar-refractivity contribution is 0.0692. The van der Waals surface area contributed by atoms with E-state index >= 15 is 0 Å². The molecule has 98 valence electrons. The van der Waals surface area contributed by atoms with Crippen LogP contribution >= 0.6 is 11.6 Å². The van der Waals surface area contributed by atoms with E-state index in [4.69, 9.17) is 21.1 Å². The van der Waals surface area contributed by atoms with Crippen molar-refractivity contribution in [3.8, 4) is 0 Å². The maximum atomic E-state index is 11.4. The van der Waals surface area contributed by atoms with Crippen molar-refractivity contribution in [3.63, 3.8) is 0 Å². The van der Waals surface area contributed by atoms with E-state index in [-0.39, 0.29) is 5.56 Å². The number of benzene rings is 1. The highest BCUT2D eigenvalue weighted by atomic mass is 35.5. The zero-order chi connectivity index (χ0) is 13.8. The van der Waals surface area contributed by atoms with Crippen molar-refractivity contribution < 1.29 is 14.3 Å². The van der Waals surface area contributed by atoms with Gasteiger partial charge < -0.3 is 9.52 Å². The van der Waals surface area contributed by atoms with Crippen LogP contribution in [-0.2, 0) is 0 Å². The smallest absolute Gasteiger partial charge is 0.351 e. The lowest BCUT2D eigenvalue weighted by Crippen LogP contribution is -2.12. The molecular formula is C14H11ClO4. The summed E-state index contributed by atoms with van der Waals surface area (Å²) < 4.78 is 4.95. The zero-order valence-corrected chi connectivity index (χ0v) is 10.7. The normalized spacial score (nSPS) is 11.2. The van der Waals surface area contributed by atoms with E-state index in [9.17, 15) is 9.59 Å².